The monoisotopic (exact) mass is 451 g/mol. The van der Waals surface area contributed by atoms with Crippen LogP contribution in [0.15, 0.2) is 42.5 Å². The standard InChI is InChI=1S/C26H33N3O4/c1-19-17-21(24(31)28-14-8-7-10-20-9-5-6-11-23(20)28)12-13-22(19)18-27-25(32)29(15-16-30)33-26(2,3)4/h5-6,9,11-13,16-17H,7-8,10,14-15,18H2,1-4H3,(H,27,32). The topological polar surface area (TPSA) is 79.0 Å². The van der Waals surface area contributed by atoms with Crippen LogP contribution in [0.1, 0.15) is 60.7 Å². The first kappa shape index (κ1) is 24.5. The maximum absolute atomic E-state index is 13.3. The molecule has 3 amide bonds. The summed E-state index contributed by atoms with van der Waals surface area (Å²) in [5.74, 6) is -0.0150. The second-order valence-corrected chi connectivity index (χ2v) is 9.27. The number of aldehydes is 1. The van der Waals surface area contributed by atoms with Gasteiger partial charge in [-0.05, 0) is 81.8 Å². The number of nitrogens with one attached hydrogen (secondary N) is 1. The van der Waals surface area contributed by atoms with Gasteiger partial charge in [-0.2, -0.15) is 5.06 Å². The van der Waals surface area contributed by atoms with Crippen LogP contribution >= 0.6 is 0 Å². The van der Waals surface area contributed by atoms with Crippen LogP contribution in [-0.2, 0) is 22.6 Å². The number of carbonyl (C=O) groups excluding carboxylic acids is 3. The highest BCUT2D eigenvalue weighted by Gasteiger charge is 2.24. The van der Waals surface area contributed by atoms with Gasteiger partial charge in [-0.25, -0.2) is 4.79 Å². The van der Waals surface area contributed by atoms with Crippen molar-refractivity contribution in [3.63, 3.8) is 0 Å². The van der Waals surface area contributed by atoms with Gasteiger partial charge in [0.1, 0.15) is 12.8 Å². The molecule has 0 saturated carbocycles. The smallest absolute Gasteiger partial charge is 0.332 e. The first-order chi connectivity index (χ1) is 15.7. The summed E-state index contributed by atoms with van der Waals surface area (Å²) in [6.45, 7) is 8.14. The highest BCUT2D eigenvalue weighted by atomic mass is 16.7. The molecule has 7 heteroatoms. The number of hydrogen-bond donors (Lipinski definition) is 1. The molecule has 2 aromatic carbocycles. The van der Waals surface area contributed by atoms with Gasteiger partial charge in [0.15, 0.2) is 0 Å². The number of carbonyl (C=O) groups is 3. The molecule has 0 aromatic heterocycles. The Bertz CT molecular complexity index is 1010. The van der Waals surface area contributed by atoms with E-state index in [1.807, 2.05) is 42.2 Å². The third kappa shape index (κ3) is 6.42. The quantitative estimate of drug-likeness (QED) is 0.521. The second kappa shape index (κ2) is 10.6. The maximum Gasteiger partial charge on any atom is 0.342 e. The summed E-state index contributed by atoms with van der Waals surface area (Å²) in [4.78, 5) is 44.2. The van der Waals surface area contributed by atoms with Gasteiger partial charge >= 0.3 is 6.03 Å². The summed E-state index contributed by atoms with van der Waals surface area (Å²) in [6.07, 6.45) is 3.64. The van der Waals surface area contributed by atoms with Gasteiger partial charge in [0.05, 0.1) is 5.60 Å². The lowest BCUT2D eigenvalue weighted by atomic mass is 10.0. The molecule has 2 aromatic rings. The number of hydrogen-bond acceptors (Lipinski definition) is 4. The molecule has 1 aliphatic rings. The van der Waals surface area contributed by atoms with E-state index in [0.717, 1.165) is 41.1 Å². The normalized spacial score (nSPS) is 13.6. The molecular formula is C26H33N3O4. The first-order valence-electron chi connectivity index (χ1n) is 11.4. The number of hydroxylamine groups is 2. The van der Waals surface area contributed by atoms with E-state index in [1.54, 1.807) is 26.8 Å². The molecule has 1 N–H and O–H groups in total. The van der Waals surface area contributed by atoms with Gasteiger partial charge in [0.2, 0.25) is 0 Å². The van der Waals surface area contributed by atoms with E-state index in [0.29, 0.717) is 18.4 Å². The molecule has 33 heavy (non-hydrogen) atoms. The Hall–Kier alpha value is -3.19. The number of fused-ring (bicyclic) bond motifs is 1. The van der Waals surface area contributed by atoms with E-state index in [9.17, 15) is 14.4 Å². The minimum atomic E-state index is -0.607. The minimum absolute atomic E-state index is 0.0150. The summed E-state index contributed by atoms with van der Waals surface area (Å²) < 4.78 is 0. The van der Waals surface area contributed by atoms with Crippen molar-refractivity contribution in [1.82, 2.24) is 10.4 Å². The molecule has 1 aliphatic heterocycles. The van der Waals surface area contributed by atoms with Crippen molar-refractivity contribution in [2.45, 2.75) is 59.1 Å². The van der Waals surface area contributed by atoms with Crippen LogP contribution in [0.3, 0.4) is 0 Å². The molecule has 1 heterocycles. The number of benzene rings is 2. The zero-order chi connectivity index (χ0) is 24.0. The van der Waals surface area contributed by atoms with Crippen molar-refractivity contribution in [3.8, 4) is 0 Å². The van der Waals surface area contributed by atoms with Crippen LogP contribution in [-0.4, -0.2) is 42.0 Å². The summed E-state index contributed by atoms with van der Waals surface area (Å²) in [6, 6.07) is 13.1. The highest BCUT2D eigenvalue weighted by Crippen LogP contribution is 2.28. The van der Waals surface area contributed by atoms with Crippen LogP contribution in [0.25, 0.3) is 0 Å². The van der Waals surface area contributed by atoms with Crippen molar-refractivity contribution in [3.05, 3.63) is 64.7 Å². The van der Waals surface area contributed by atoms with E-state index in [2.05, 4.69) is 11.4 Å². The average molecular weight is 452 g/mol. The van der Waals surface area contributed by atoms with Gasteiger partial charge in [-0.15, -0.1) is 0 Å². The molecule has 3 rings (SSSR count). The number of rotatable bonds is 6. The number of aryl methyl sites for hydroxylation is 2. The van der Waals surface area contributed by atoms with E-state index in [-0.39, 0.29) is 19.0 Å². The fraction of sp³-hybridized carbons (Fsp3) is 0.423. The lowest BCUT2D eigenvalue weighted by molar-refractivity contribution is -0.191. The largest absolute Gasteiger partial charge is 0.342 e. The Morgan fingerprint density at radius 1 is 1.15 bits per heavy atom. The summed E-state index contributed by atoms with van der Waals surface area (Å²) in [5, 5.41) is 3.81. The zero-order valence-corrected chi connectivity index (χ0v) is 19.9. The third-order valence-corrected chi connectivity index (χ3v) is 5.48. The van der Waals surface area contributed by atoms with Crippen LogP contribution < -0.4 is 10.2 Å². The second-order valence-electron chi connectivity index (χ2n) is 9.27. The molecular weight excluding hydrogens is 418 g/mol. The fourth-order valence-electron chi connectivity index (χ4n) is 3.90. The van der Waals surface area contributed by atoms with Gasteiger partial charge in [0, 0.05) is 24.3 Å². The van der Waals surface area contributed by atoms with Crippen LogP contribution in [0.2, 0.25) is 0 Å². The molecule has 0 aliphatic carbocycles. The lowest BCUT2D eigenvalue weighted by Crippen LogP contribution is -2.44. The van der Waals surface area contributed by atoms with Gasteiger partial charge in [-0.1, -0.05) is 24.3 Å². The number of urea groups is 1. The van der Waals surface area contributed by atoms with Crippen molar-refractivity contribution < 1.29 is 19.2 Å². The molecule has 0 spiro atoms. The third-order valence-electron chi connectivity index (χ3n) is 5.48. The van der Waals surface area contributed by atoms with Gasteiger partial charge in [-0.3, -0.25) is 9.63 Å². The predicted octanol–water partition coefficient (Wildman–Crippen LogP) is 4.42. The Morgan fingerprint density at radius 3 is 2.61 bits per heavy atom. The summed E-state index contributed by atoms with van der Waals surface area (Å²) in [5.41, 5.74) is 4.00. The Morgan fingerprint density at radius 2 is 1.91 bits per heavy atom. The molecule has 7 nitrogen and oxygen atoms in total. The molecule has 0 atom stereocenters. The zero-order valence-electron chi connectivity index (χ0n) is 19.9. The number of anilines is 1. The highest BCUT2D eigenvalue weighted by molar-refractivity contribution is 6.06. The molecule has 176 valence electrons. The van der Waals surface area contributed by atoms with Crippen LogP contribution in [0.4, 0.5) is 10.5 Å². The van der Waals surface area contributed by atoms with Crippen molar-refractivity contribution >= 4 is 23.9 Å². The fourth-order valence-corrected chi connectivity index (χ4v) is 3.90. The van der Waals surface area contributed by atoms with E-state index in [1.165, 1.54) is 5.56 Å². The summed E-state index contributed by atoms with van der Waals surface area (Å²) >= 11 is 0. The van der Waals surface area contributed by atoms with Gasteiger partial charge < -0.3 is 15.0 Å². The van der Waals surface area contributed by atoms with E-state index < -0.39 is 11.6 Å². The molecule has 0 bridgehead atoms. The Balaban J connectivity index is 1.70. The summed E-state index contributed by atoms with van der Waals surface area (Å²) in [7, 11) is 0. The first-order valence-corrected chi connectivity index (χ1v) is 11.4. The molecule has 0 saturated heterocycles. The maximum atomic E-state index is 13.3. The van der Waals surface area contributed by atoms with Gasteiger partial charge in [0.25, 0.3) is 5.91 Å². The molecule has 0 fully saturated rings. The average Bonchev–Trinajstić information content (AvgIpc) is 2.99. The number of nitrogens with zero attached hydrogens (tertiary/aromatic N) is 2. The number of para-hydroxylation sites is 1. The lowest BCUT2D eigenvalue weighted by Gasteiger charge is -2.28. The number of amides is 3. The van der Waals surface area contributed by atoms with Crippen molar-refractivity contribution in [2.24, 2.45) is 0 Å². The van der Waals surface area contributed by atoms with Crippen LogP contribution in [0, 0.1) is 6.92 Å². The molecule has 0 unspecified atom stereocenters. The Labute approximate surface area is 195 Å². The van der Waals surface area contributed by atoms with Crippen molar-refractivity contribution in [1.29, 1.82) is 0 Å². The van der Waals surface area contributed by atoms with Crippen LogP contribution in [0.5, 0.6) is 0 Å². The van der Waals surface area contributed by atoms with Crippen molar-refractivity contribution in [2.75, 3.05) is 18.0 Å². The van der Waals surface area contributed by atoms with E-state index >= 15 is 0 Å². The van der Waals surface area contributed by atoms with E-state index in [4.69, 9.17) is 4.84 Å². The minimum Gasteiger partial charge on any atom is -0.332 e. The SMILES string of the molecule is Cc1cc(C(=O)N2CCCCc3ccccc32)ccc1CNC(=O)N(CC=O)OC(C)(C)C. The predicted molar refractivity (Wildman–Crippen MR) is 128 cm³/mol. The Kier molecular flexibility index (Phi) is 7.87. The molecule has 0 radical (unpaired) electrons.